The average molecular weight is 330 g/mol. The van der Waals surface area contributed by atoms with Gasteiger partial charge in [-0.1, -0.05) is 0 Å². The van der Waals surface area contributed by atoms with Crippen molar-refractivity contribution in [2.75, 3.05) is 20.8 Å². The second-order valence-corrected chi connectivity index (χ2v) is 5.70. The van der Waals surface area contributed by atoms with E-state index in [0.29, 0.717) is 6.54 Å². The largest absolute Gasteiger partial charge is 0.497 e. The van der Waals surface area contributed by atoms with Crippen molar-refractivity contribution in [1.29, 1.82) is 0 Å². The van der Waals surface area contributed by atoms with E-state index in [-0.39, 0.29) is 12.1 Å². The first-order valence-electron chi connectivity index (χ1n) is 8.01. The molecule has 1 saturated heterocycles. The number of nitrogens with one attached hydrogen (secondary N) is 1. The molecule has 1 fully saturated rings. The molecule has 2 heterocycles. The summed E-state index contributed by atoms with van der Waals surface area (Å²) in [4.78, 5) is 14.4. The van der Waals surface area contributed by atoms with Gasteiger partial charge >= 0.3 is 6.03 Å². The van der Waals surface area contributed by atoms with Crippen LogP contribution in [-0.4, -0.2) is 31.7 Å². The molecule has 0 aliphatic carbocycles. The number of methoxy groups -OCH3 is 2. The first kappa shape index (κ1) is 16.2. The van der Waals surface area contributed by atoms with Gasteiger partial charge in [-0.3, -0.25) is 0 Å². The number of rotatable bonds is 5. The molecule has 1 N–H and O–H groups in total. The zero-order valence-electron chi connectivity index (χ0n) is 14.0. The van der Waals surface area contributed by atoms with Crippen molar-refractivity contribution in [1.82, 2.24) is 10.2 Å². The Morgan fingerprint density at radius 1 is 1.33 bits per heavy atom. The van der Waals surface area contributed by atoms with Crippen LogP contribution in [0.4, 0.5) is 4.79 Å². The number of benzene rings is 1. The Hall–Kier alpha value is -2.63. The molecule has 0 saturated carbocycles. The fourth-order valence-corrected chi connectivity index (χ4v) is 3.10. The monoisotopic (exact) mass is 330 g/mol. The Labute approximate surface area is 141 Å². The maximum atomic E-state index is 12.6. The number of amides is 2. The highest BCUT2D eigenvalue weighted by molar-refractivity contribution is 5.75. The van der Waals surface area contributed by atoms with Gasteiger partial charge in [0, 0.05) is 18.2 Å². The van der Waals surface area contributed by atoms with E-state index >= 15 is 0 Å². The van der Waals surface area contributed by atoms with Gasteiger partial charge in [-0.15, -0.1) is 0 Å². The fraction of sp³-hybridized carbons (Fsp3) is 0.389. The molecule has 1 aromatic carbocycles. The summed E-state index contributed by atoms with van der Waals surface area (Å²) in [6.07, 6.45) is 3.48. The number of ether oxygens (including phenoxy) is 2. The van der Waals surface area contributed by atoms with Crippen LogP contribution < -0.4 is 14.8 Å². The molecule has 1 atom stereocenters. The van der Waals surface area contributed by atoms with Crippen molar-refractivity contribution in [3.05, 3.63) is 47.9 Å². The molecular formula is C18H22N2O4. The minimum atomic E-state index is -0.0910. The number of carbonyl (C=O) groups is 1. The molecule has 24 heavy (non-hydrogen) atoms. The summed E-state index contributed by atoms with van der Waals surface area (Å²) in [7, 11) is 3.26. The summed E-state index contributed by atoms with van der Waals surface area (Å²) in [6, 6.07) is 9.29. The van der Waals surface area contributed by atoms with Crippen LogP contribution >= 0.6 is 0 Å². The molecule has 1 aromatic heterocycles. The number of likely N-dealkylation sites (tertiary alicyclic amines) is 1. The first-order chi connectivity index (χ1) is 11.7. The molecule has 1 aliphatic rings. The van der Waals surface area contributed by atoms with E-state index in [2.05, 4.69) is 5.32 Å². The van der Waals surface area contributed by atoms with Gasteiger partial charge < -0.3 is 24.1 Å². The zero-order chi connectivity index (χ0) is 16.9. The second kappa shape index (κ2) is 7.29. The predicted octanol–water partition coefficient (Wildman–Crippen LogP) is 3.34. The minimum absolute atomic E-state index is 0.00228. The van der Waals surface area contributed by atoms with Gasteiger partial charge in [-0.2, -0.15) is 0 Å². The molecule has 0 radical (unpaired) electrons. The van der Waals surface area contributed by atoms with Crippen molar-refractivity contribution in [3.63, 3.8) is 0 Å². The lowest BCUT2D eigenvalue weighted by Crippen LogP contribution is -2.39. The highest BCUT2D eigenvalue weighted by Gasteiger charge is 2.32. The molecular weight excluding hydrogens is 308 g/mol. The topological polar surface area (TPSA) is 63.9 Å². The van der Waals surface area contributed by atoms with E-state index in [0.717, 1.165) is 42.2 Å². The van der Waals surface area contributed by atoms with Crippen LogP contribution in [-0.2, 0) is 6.54 Å². The van der Waals surface area contributed by atoms with Crippen molar-refractivity contribution in [2.24, 2.45) is 0 Å². The number of hydrogen-bond donors (Lipinski definition) is 1. The molecule has 1 unspecified atom stereocenters. The van der Waals surface area contributed by atoms with Crippen LogP contribution in [0.25, 0.3) is 0 Å². The van der Waals surface area contributed by atoms with E-state index in [1.807, 2.05) is 35.2 Å². The Morgan fingerprint density at radius 3 is 2.92 bits per heavy atom. The van der Waals surface area contributed by atoms with Gasteiger partial charge in [-0.25, -0.2) is 4.79 Å². The second-order valence-electron chi connectivity index (χ2n) is 5.70. The molecule has 0 bridgehead atoms. The highest BCUT2D eigenvalue weighted by Crippen LogP contribution is 2.38. The van der Waals surface area contributed by atoms with Crippen LogP contribution in [0, 0.1) is 0 Å². The Kier molecular flexibility index (Phi) is 4.93. The highest BCUT2D eigenvalue weighted by atomic mass is 16.5. The van der Waals surface area contributed by atoms with E-state index in [1.165, 1.54) is 0 Å². The molecule has 6 nitrogen and oxygen atoms in total. The molecule has 6 heteroatoms. The van der Waals surface area contributed by atoms with E-state index in [9.17, 15) is 4.79 Å². The Balaban J connectivity index is 1.74. The lowest BCUT2D eigenvalue weighted by Gasteiger charge is -2.26. The molecule has 2 aromatic rings. The van der Waals surface area contributed by atoms with Crippen molar-refractivity contribution in [2.45, 2.75) is 25.4 Å². The van der Waals surface area contributed by atoms with Gasteiger partial charge in [0.2, 0.25) is 0 Å². The molecule has 128 valence electrons. The van der Waals surface area contributed by atoms with Gasteiger partial charge in [0.25, 0.3) is 0 Å². The Bertz CT molecular complexity index is 684. The summed E-state index contributed by atoms with van der Waals surface area (Å²) in [5, 5.41) is 2.91. The van der Waals surface area contributed by atoms with Crippen molar-refractivity contribution >= 4 is 6.03 Å². The van der Waals surface area contributed by atoms with Crippen LogP contribution in [0.2, 0.25) is 0 Å². The number of hydrogen-bond acceptors (Lipinski definition) is 4. The normalized spacial score (nSPS) is 16.9. The van der Waals surface area contributed by atoms with Crippen LogP contribution in [0.3, 0.4) is 0 Å². The summed E-state index contributed by atoms with van der Waals surface area (Å²) >= 11 is 0. The van der Waals surface area contributed by atoms with Gasteiger partial charge in [0.15, 0.2) is 0 Å². The number of furan rings is 1. The number of nitrogens with zero attached hydrogens (tertiary/aromatic N) is 1. The van der Waals surface area contributed by atoms with E-state index < -0.39 is 0 Å². The lowest BCUT2D eigenvalue weighted by atomic mass is 10.0. The Morgan fingerprint density at radius 2 is 2.21 bits per heavy atom. The van der Waals surface area contributed by atoms with E-state index in [4.69, 9.17) is 13.9 Å². The number of carbonyl (C=O) groups excluding carboxylic acids is 1. The SMILES string of the molecule is COc1ccc(C2CCCN2C(=O)NCc2ccco2)c(OC)c1. The quantitative estimate of drug-likeness (QED) is 0.913. The van der Waals surface area contributed by atoms with Crippen molar-refractivity contribution in [3.8, 4) is 11.5 Å². The third-order valence-corrected chi connectivity index (χ3v) is 4.31. The molecule has 1 aliphatic heterocycles. The van der Waals surface area contributed by atoms with Crippen LogP contribution in [0.1, 0.15) is 30.2 Å². The third kappa shape index (κ3) is 3.32. The van der Waals surface area contributed by atoms with Gasteiger partial charge in [0.05, 0.1) is 33.1 Å². The first-order valence-corrected chi connectivity index (χ1v) is 8.01. The van der Waals surface area contributed by atoms with Gasteiger partial charge in [-0.05, 0) is 37.1 Å². The maximum absolute atomic E-state index is 12.6. The minimum Gasteiger partial charge on any atom is -0.497 e. The number of urea groups is 1. The summed E-state index contributed by atoms with van der Waals surface area (Å²) in [5.74, 6) is 2.22. The third-order valence-electron chi connectivity index (χ3n) is 4.31. The van der Waals surface area contributed by atoms with E-state index in [1.54, 1.807) is 20.5 Å². The molecule has 0 spiro atoms. The molecule has 3 rings (SSSR count). The lowest BCUT2D eigenvalue weighted by molar-refractivity contribution is 0.190. The van der Waals surface area contributed by atoms with Crippen molar-refractivity contribution < 1.29 is 18.7 Å². The summed E-state index contributed by atoms with van der Waals surface area (Å²) < 4.78 is 16.0. The predicted molar refractivity (Wildman–Crippen MR) is 89.2 cm³/mol. The fourth-order valence-electron chi connectivity index (χ4n) is 3.10. The van der Waals surface area contributed by atoms with Crippen LogP contribution in [0.5, 0.6) is 11.5 Å². The zero-order valence-corrected chi connectivity index (χ0v) is 14.0. The summed E-state index contributed by atoms with van der Waals surface area (Å²) in [6.45, 7) is 1.11. The van der Waals surface area contributed by atoms with Crippen LogP contribution in [0.15, 0.2) is 41.0 Å². The molecule has 2 amide bonds. The standard InChI is InChI=1S/C18H22N2O4/c1-22-13-7-8-15(17(11-13)23-2)16-6-3-9-20(16)18(21)19-12-14-5-4-10-24-14/h4-5,7-8,10-11,16H,3,6,9,12H2,1-2H3,(H,19,21). The smallest absolute Gasteiger partial charge is 0.318 e. The summed E-state index contributed by atoms with van der Waals surface area (Å²) in [5.41, 5.74) is 1.00. The van der Waals surface area contributed by atoms with Gasteiger partial charge in [0.1, 0.15) is 17.3 Å². The average Bonchev–Trinajstić information content (AvgIpc) is 3.30. The maximum Gasteiger partial charge on any atom is 0.318 e.